The van der Waals surface area contributed by atoms with E-state index in [0.717, 1.165) is 5.30 Å². The third kappa shape index (κ3) is 2.08. The Hall–Kier alpha value is -0.820. The van der Waals surface area contributed by atoms with Crippen LogP contribution in [0, 0.1) is 6.20 Å². The van der Waals surface area contributed by atoms with E-state index in [4.69, 9.17) is 4.74 Å². The monoisotopic (exact) mass is 184 g/mol. The Balaban J connectivity index is 3.11. The standard InChI is InChI=1S/C8H11NO2P/c1-11-7-4-8(6-9-5-7)12(2,3)10/h4,6H,1-3H3. The Labute approximate surface area is 72.1 Å². The first-order chi connectivity index (χ1) is 5.54. The summed E-state index contributed by atoms with van der Waals surface area (Å²) in [5.41, 5.74) is 0. The van der Waals surface area contributed by atoms with Crippen molar-refractivity contribution in [1.82, 2.24) is 4.98 Å². The molecular formula is C8H11NO2P. The Morgan fingerprint density at radius 3 is 2.75 bits per heavy atom. The lowest BCUT2D eigenvalue weighted by Gasteiger charge is -2.06. The lowest BCUT2D eigenvalue weighted by atomic mass is 10.5. The molecule has 0 N–H and O–H groups in total. The van der Waals surface area contributed by atoms with Crippen molar-refractivity contribution in [3.63, 3.8) is 0 Å². The SMILES string of the molecule is COc1[c]ncc(P(C)(C)=O)c1. The van der Waals surface area contributed by atoms with Crippen LogP contribution in [0.3, 0.4) is 0 Å². The van der Waals surface area contributed by atoms with Crippen molar-refractivity contribution < 1.29 is 9.30 Å². The van der Waals surface area contributed by atoms with E-state index in [9.17, 15) is 4.57 Å². The molecule has 0 saturated carbocycles. The van der Waals surface area contributed by atoms with Crippen molar-refractivity contribution in [2.45, 2.75) is 0 Å². The van der Waals surface area contributed by atoms with Gasteiger partial charge >= 0.3 is 0 Å². The molecule has 1 aromatic rings. The van der Waals surface area contributed by atoms with Crippen LogP contribution < -0.4 is 10.0 Å². The molecule has 0 unspecified atom stereocenters. The van der Waals surface area contributed by atoms with Crippen molar-refractivity contribution in [3.05, 3.63) is 18.5 Å². The molecule has 1 rings (SSSR count). The van der Waals surface area contributed by atoms with Gasteiger partial charge in [-0.2, -0.15) is 0 Å². The molecule has 1 aromatic heterocycles. The van der Waals surface area contributed by atoms with Gasteiger partial charge in [-0.1, -0.05) is 0 Å². The Kier molecular flexibility index (Phi) is 2.53. The minimum absolute atomic E-state index is 0.524. The Morgan fingerprint density at radius 1 is 1.58 bits per heavy atom. The minimum Gasteiger partial charge on any atom is -0.494 e. The van der Waals surface area contributed by atoms with E-state index in [1.165, 1.54) is 7.11 Å². The second-order valence-electron chi connectivity index (χ2n) is 2.86. The molecule has 0 bridgehead atoms. The first-order valence-corrected chi connectivity index (χ1v) is 6.11. The van der Waals surface area contributed by atoms with E-state index in [0.29, 0.717) is 5.75 Å². The first-order valence-electron chi connectivity index (χ1n) is 3.51. The first kappa shape index (κ1) is 9.27. The fourth-order valence-corrected chi connectivity index (χ4v) is 1.53. The van der Waals surface area contributed by atoms with Gasteiger partial charge in [-0.3, -0.25) is 0 Å². The molecule has 12 heavy (non-hydrogen) atoms. The zero-order chi connectivity index (χ0) is 9.19. The molecule has 0 aliphatic rings. The van der Waals surface area contributed by atoms with E-state index in [-0.39, 0.29) is 0 Å². The predicted octanol–water partition coefficient (Wildman–Crippen LogP) is 1.14. The zero-order valence-corrected chi connectivity index (χ0v) is 8.26. The van der Waals surface area contributed by atoms with E-state index in [1.807, 2.05) is 0 Å². The molecule has 4 heteroatoms. The summed E-state index contributed by atoms with van der Waals surface area (Å²) in [5, 5.41) is 0.720. The van der Waals surface area contributed by atoms with Gasteiger partial charge in [0, 0.05) is 11.5 Å². The third-order valence-electron chi connectivity index (χ3n) is 1.49. The number of aromatic nitrogens is 1. The van der Waals surface area contributed by atoms with Gasteiger partial charge in [-0.15, -0.1) is 0 Å². The summed E-state index contributed by atoms with van der Waals surface area (Å²) >= 11 is 0. The Bertz CT molecular complexity index is 319. The number of hydrogen-bond donors (Lipinski definition) is 0. The van der Waals surface area contributed by atoms with Crippen molar-refractivity contribution in [2.75, 3.05) is 20.4 Å². The molecule has 3 nitrogen and oxygen atoms in total. The Morgan fingerprint density at radius 2 is 2.25 bits per heavy atom. The smallest absolute Gasteiger partial charge is 0.147 e. The molecule has 0 aromatic carbocycles. The number of pyridine rings is 1. The molecule has 0 saturated heterocycles. The molecule has 1 radical (unpaired) electrons. The van der Waals surface area contributed by atoms with Gasteiger partial charge in [0.15, 0.2) is 0 Å². The number of nitrogens with zero attached hydrogens (tertiary/aromatic N) is 1. The lowest BCUT2D eigenvalue weighted by Crippen LogP contribution is -2.04. The molecule has 0 spiro atoms. The predicted molar refractivity (Wildman–Crippen MR) is 48.7 cm³/mol. The fraction of sp³-hybridized carbons (Fsp3) is 0.375. The fourth-order valence-electron chi connectivity index (χ4n) is 0.765. The van der Waals surface area contributed by atoms with Crippen LogP contribution in [0.1, 0.15) is 0 Å². The molecule has 0 atom stereocenters. The summed E-state index contributed by atoms with van der Waals surface area (Å²) in [6.45, 7) is 3.40. The summed E-state index contributed by atoms with van der Waals surface area (Å²) in [7, 11) is -0.685. The van der Waals surface area contributed by atoms with Gasteiger partial charge in [0.1, 0.15) is 19.1 Å². The maximum absolute atomic E-state index is 11.6. The summed E-state index contributed by atoms with van der Waals surface area (Å²) in [5.74, 6) is 0.524. The topological polar surface area (TPSA) is 39.2 Å². The molecule has 65 valence electrons. The summed E-state index contributed by atoms with van der Waals surface area (Å²) in [6.07, 6.45) is 4.20. The number of ether oxygens (including phenoxy) is 1. The second-order valence-corrected chi connectivity index (χ2v) is 6.08. The summed E-state index contributed by atoms with van der Waals surface area (Å²) < 4.78 is 16.5. The summed E-state index contributed by atoms with van der Waals surface area (Å²) in [4.78, 5) is 3.80. The highest BCUT2D eigenvalue weighted by Gasteiger charge is 2.11. The molecule has 0 amide bonds. The van der Waals surface area contributed by atoms with Gasteiger partial charge in [0.05, 0.1) is 7.11 Å². The van der Waals surface area contributed by atoms with Crippen molar-refractivity contribution in [2.24, 2.45) is 0 Å². The van der Waals surface area contributed by atoms with Crippen LogP contribution in [0.15, 0.2) is 12.3 Å². The highest BCUT2D eigenvalue weighted by Crippen LogP contribution is 2.34. The van der Waals surface area contributed by atoms with Crippen LogP contribution in [0.2, 0.25) is 0 Å². The van der Waals surface area contributed by atoms with Crippen LogP contribution in [0.5, 0.6) is 5.75 Å². The van der Waals surface area contributed by atoms with Crippen molar-refractivity contribution in [3.8, 4) is 5.75 Å². The lowest BCUT2D eigenvalue weighted by molar-refractivity contribution is 0.412. The second kappa shape index (κ2) is 3.28. The van der Waals surface area contributed by atoms with Gasteiger partial charge in [0.25, 0.3) is 0 Å². The average molecular weight is 184 g/mol. The van der Waals surface area contributed by atoms with Gasteiger partial charge in [-0.25, -0.2) is 4.98 Å². The molecule has 1 heterocycles. The van der Waals surface area contributed by atoms with Gasteiger partial charge in [-0.05, 0) is 19.4 Å². The molecule has 0 aliphatic carbocycles. The number of methoxy groups -OCH3 is 1. The van der Waals surface area contributed by atoms with Crippen LogP contribution in [-0.4, -0.2) is 25.4 Å². The molecule has 0 fully saturated rings. The zero-order valence-electron chi connectivity index (χ0n) is 7.37. The largest absolute Gasteiger partial charge is 0.494 e. The molecular weight excluding hydrogens is 173 g/mol. The van der Waals surface area contributed by atoms with Crippen LogP contribution in [-0.2, 0) is 4.57 Å². The third-order valence-corrected chi connectivity index (χ3v) is 2.98. The maximum atomic E-state index is 11.6. The van der Waals surface area contributed by atoms with Crippen molar-refractivity contribution >= 4 is 12.4 Å². The number of rotatable bonds is 2. The van der Waals surface area contributed by atoms with Gasteiger partial charge < -0.3 is 9.30 Å². The maximum Gasteiger partial charge on any atom is 0.147 e. The van der Waals surface area contributed by atoms with Crippen molar-refractivity contribution in [1.29, 1.82) is 0 Å². The van der Waals surface area contributed by atoms with Crippen LogP contribution >= 0.6 is 7.14 Å². The van der Waals surface area contributed by atoms with Gasteiger partial charge in [0.2, 0.25) is 0 Å². The molecule has 0 aliphatic heterocycles. The van der Waals surface area contributed by atoms with E-state index in [2.05, 4.69) is 11.2 Å². The van der Waals surface area contributed by atoms with Crippen LogP contribution in [0.4, 0.5) is 0 Å². The van der Waals surface area contributed by atoms with E-state index in [1.54, 1.807) is 25.6 Å². The highest BCUT2D eigenvalue weighted by molar-refractivity contribution is 7.70. The summed E-state index contributed by atoms with van der Waals surface area (Å²) in [6, 6.07) is 1.70. The van der Waals surface area contributed by atoms with E-state index >= 15 is 0 Å². The number of hydrogen-bond acceptors (Lipinski definition) is 3. The quantitative estimate of drug-likeness (QED) is 0.647. The minimum atomic E-state index is -2.22. The average Bonchev–Trinajstić information content (AvgIpc) is 2.03. The highest BCUT2D eigenvalue weighted by atomic mass is 31.2. The van der Waals surface area contributed by atoms with Crippen LogP contribution in [0.25, 0.3) is 0 Å². The van der Waals surface area contributed by atoms with E-state index < -0.39 is 7.14 Å². The normalized spacial score (nSPS) is 11.2.